The molecule has 0 heteroatoms. The average Bonchev–Trinajstić information content (AvgIpc) is 2.72. The van der Waals surface area contributed by atoms with Gasteiger partial charge in [0.25, 0.3) is 0 Å². The monoisotopic (exact) mass is 342 g/mol. The summed E-state index contributed by atoms with van der Waals surface area (Å²) in [7, 11) is 0. The van der Waals surface area contributed by atoms with E-state index in [1.54, 1.807) is 0 Å². The molecule has 2 aliphatic carbocycles. The second kappa shape index (κ2) is 5.69. The van der Waals surface area contributed by atoms with Gasteiger partial charge in [-0.25, -0.2) is 0 Å². The van der Waals surface area contributed by atoms with Crippen molar-refractivity contribution < 1.29 is 0 Å². The highest BCUT2D eigenvalue weighted by molar-refractivity contribution is 5.99. The maximum absolute atomic E-state index is 3.75. The average molecular weight is 342 g/mol. The fourth-order valence-corrected chi connectivity index (χ4v) is 4.63. The van der Waals surface area contributed by atoms with Crippen LogP contribution in [0.25, 0.3) is 33.7 Å². The summed E-state index contributed by atoms with van der Waals surface area (Å²) in [5.41, 5.74) is 7.78. The molecule has 2 aliphatic rings. The smallest absolute Gasteiger partial charge is 0.0514 e. The van der Waals surface area contributed by atoms with Gasteiger partial charge in [0.1, 0.15) is 0 Å². The Bertz CT molecular complexity index is 1180. The minimum Gasteiger partial charge on any atom is -0.0795 e. The highest BCUT2D eigenvalue weighted by Gasteiger charge is 2.16. The largest absolute Gasteiger partial charge is 0.0795 e. The third kappa shape index (κ3) is 2.23. The summed E-state index contributed by atoms with van der Waals surface area (Å²) in [6, 6.07) is 22.1. The minimum absolute atomic E-state index is 1.01. The Kier molecular flexibility index (Phi) is 3.16. The lowest BCUT2D eigenvalue weighted by Gasteiger charge is -2.19. The summed E-state index contributed by atoms with van der Waals surface area (Å²) in [6.07, 6.45) is 14.9. The summed E-state index contributed by atoms with van der Waals surface area (Å²) in [5.74, 6) is 0. The van der Waals surface area contributed by atoms with Crippen molar-refractivity contribution in [3.63, 3.8) is 0 Å². The van der Waals surface area contributed by atoms with Gasteiger partial charge in [-0.3, -0.25) is 0 Å². The molecule has 0 bridgehead atoms. The van der Waals surface area contributed by atoms with E-state index < -0.39 is 0 Å². The predicted molar refractivity (Wildman–Crippen MR) is 115 cm³/mol. The molecule has 0 amide bonds. The van der Waals surface area contributed by atoms with Crippen LogP contribution in [0.1, 0.15) is 33.4 Å². The molecule has 0 fully saturated rings. The first kappa shape index (κ1) is 15.0. The molecule has 0 aliphatic heterocycles. The second-order valence-electron chi connectivity index (χ2n) is 7.42. The van der Waals surface area contributed by atoms with Gasteiger partial charge in [-0.2, -0.15) is 0 Å². The number of allylic oxidation sites excluding steroid dienone is 2. The van der Waals surface area contributed by atoms with Crippen molar-refractivity contribution in [2.75, 3.05) is 0 Å². The van der Waals surface area contributed by atoms with Crippen molar-refractivity contribution in [1.82, 2.24) is 0 Å². The molecule has 0 aromatic heterocycles. The molecule has 0 saturated carbocycles. The van der Waals surface area contributed by atoms with Crippen LogP contribution in [0.3, 0.4) is 0 Å². The third-order valence-electron chi connectivity index (χ3n) is 5.86. The summed E-state index contributed by atoms with van der Waals surface area (Å²) >= 11 is 0. The van der Waals surface area contributed by atoms with Gasteiger partial charge < -0.3 is 0 Å². The second-order valence-corrected chi connectivity index (χ2v) is 7.42. The zero-order valence-electron chi connectivity index (χ0n) is 15.0. The van der Waals surface area contributed by atoms with Crippen LogP contribution in [-0.4, -0.2) is 0 Å². The number of benzene rings is 4. The van der Waals surface area contributed by atoms with Crippen LogP contribution in [0.5, 0.6) is 0 Å². The lowest BCUT2D eigenvalue weighted by Crippen LogP contribution is -2.00. The Labute approximate surface area is 159 Å². The summed E-state index contributed by atoms with van der Waals surface area (Å²) in [5, 5.41) is 5.41. The van der Waals surface area contributed by atoms with Crippen LogP contribution in [0.2, 0.25) is 0 Å². The Morgan fingerprint density at radius 1 is 0.556 bits per heavy atom. The Hall–Kier alpha value is -3.12. The standard InChI is InChI=1S/C27H18/c1-5-18-9-3-11-24-22(15-13-20(7-1)26(18)24)17-23-16-14-21-8-2-6-19-10-4-12-25(23)27(19)21/h1-8,11-16H,9-10H2. The van der Waals surface area contributed by atoms with Crippen LogP contribution < -0.4 is 0 Å². The van der Waals surface area contributed by atoms with Gasteiger partial charge in [0, 0.05) is 0 Å². The number of hydrogen-bond donors (Lipinski definition) is 0. The third-order valence-corrected chi connectivity index (χ3v) is 5.86. The van der Waals surface area contributed by atoms with E-state index >= 15 is 0 Å². The van der Waals surface area contributed by atoms with Crippen LogP contribution in [0, 0.1) is 6.42 Å². The molecule has 126 valence electrons. The lowest BCUT2D eigenvalue weighted by atomic mass is 9.85. The molecular formula is C27H18. The topological polar surface area (TPSA) is 0 Å². The molecule has 0 heterocycles. The van der Waals surface area contributed by atoms with Crippen LogP contribution >= 0.6 is 0 Å². The van der Waals surface area contributed by atoms with E-state index in [1.165, 1.54) is 54.9 Å². The van der Waals surface area contributed by atoms with Gasteiger partial charge in [-0.15, -0.1) is 0 Å². The van der Waals surface area contributed by atoms with Crippen LogP contribution in [0.4, 0.5) is 0 Å². The SMILES string of the molecule is [C](c1ccc2cccc3c2c1C=CC3)c1ccc2cccc3c2c1C=CC3. The van der Waals surface area contributed by atoms with Gasteiger partial charge in [0.15, 0.2) is 0 Å². The van der Waals surface area contributed by atoms with E-state index in [2.05, 4.69) is 91.4 Å². The highest BCUT2D eigenvalue weighted by atomic mass is 14.2. The normalized spacial score (nSPS) is 14.2. The van der Waals surface area contributed by atoms with E-state index in [-0.39, 0.29) is 0 Å². The molecule has 0 N–H and O–H groups in total. The van der Waals surface area contributed by atoms with Crippen molar-refractivity contribution in [2.45, 2.75) is 12.8 Å². The maximum Gasteiger partial charge on any atom is 0.0514 e. The molecule has 4 aromatic carbocycles. The van der Waals surface area contributed by atoms with E-state index in [9.17, 15) is 0 Å². The first-order chi connectivity index (χ1) is 13.4. The summed E-state index contributed by atoms with van der Waals surface area (Å²) in [4.78, 5) is 0. The number of rotatable bonds is 2. The molecular weight excluding hydrogens is 324 g/mol. The molecule has 2 radical (unpaired) electrons. The molecule has 4 aromatic rings. The molecule has 6 rings (SSSR count). The number of hydrogen-bond acceptors (Lipinski definition) is 0. The van der Waals surface area contributed by atoms with Crippen LogP contribution in [-0.2, 0) is 12.8 Å². The summed E-state index contributed by atoms with van der Waals surface area (Å²) in [6.45, 7) is 0. The first-order valence-corrected chi connectivity index (χ1v) is 9.58. The van der Waals surface area contributed by atoms with Crippen molar-refractivity contribution in [2.24, 2.45) is 0 Å². The molecule has 0 saturated heterocycles. The van der Waals surface area contributed by atoms with Gasteiger partial charge >= 0.3 is 0 Å². The molecule has 27 heavy (non-hydrogen) atoms. The van der Waals surface area contributed by atoms with Crippen molar-refractivity contribution in [3.05, 3.63) is 113 Å². The van der Waals surface area contributed by atoms with Gasteiger partial charge in [-0.05, 0) is 67.8 Å². The molecule has 0 spiro atoms. The Morgan fingerprint density at radius 3 is 1.59 bits per heavy atom. The van der Waals surface area contributed by atoms with Crippen molar-refractivity contribution in [1.29, 1.82) is 0 Å². The Morgan fingerprint density at radius 2 is 1.07 bits per heavy atom. The molecule has 0 atom stereocenters. The predicted octanol–water partition coefficient (Wildman–Crippen LogP) is 6.61. The van der Waals surface area contributed by atoms with E-state index in [1.807, 2.05) is 0 Å². The molecule has 0 unspecified atom stereocenters. The highest BCUT2D eigenvalue weighted by Crippen LogP contribution is 2.36. The van der Waals surface area contributed by atoms with Crippen molar-refractivity contribution in [3.8, 4) is 0 Å². The fourth-order valence-electron chi connectivity index (χ4n) is 4.63. The van der Waals surface area contributed by atoms with E-state index in [4.69, 9.17) is 0 Å². The fraction of sp³-hybridized carbons (Fsp3) is 0.0741. The van der Waals surface area contributed by atoms with Gasteiger partial charge in [0.2, 0.25) is 0 Å². The Balaban J connectivity index is 1.56. The van der Waals surface area contributed by atoms with E-state index in [0.717, 1.165) is 12.8 Å². The van der Waals surface area contributed by atoms with Crippen LogP contribution in [0.15, 0.2) is 72.8 Å². The van der Waals surface area contributed by atoms with Gasteiger partial charge in [-0.1, -0.05) is 85.0 Å². The quantitative estimate of drug-likeness (QED) is 0.384. The van der Waals surface area contributed by atoms with Gasteiger partial charge in [0.05, 0.1) is 6.42 Å². The lowest BCUT2D eigenvalue weighted by molar-refractivity contribution is 1.27. The van der Waals surface area contributed by atoms with E-state index in [0.29, 0.717) is 0 Å². The molecule has 0 nitrogen and oxygen atoms in total. The zero-order chi connectivity index (χ0) is 17.8. The zero-order valence-corrected chi connectivity index (χ0v) is 15.0. The first-order valence-electron chi connectivity index (χ1n) is 9.58. The van der Waals surface area contributed by atoms with Crippen molar-refractivity contribution >= 4 is 33.7 Å². The summed E-state index contributed by atoms with van der Waals surface area (Å²) < 4.78 is 0. The minimum atomic E-state index is 1.01. The maximum atomic E-state index is 3.75.